The monoisotopic (exact) mass is 475 g/mol. The highest BCUT2D eigenvalue weighted by atomic mass is 16.2. The van der Waals surface area contributed by atoms with E-state index in [0.717, 1.165) is 23.1 Å². The van der Waals surface area contributed by atoms with Crippen LogP contribution in [0.25, 0.3) is 0 Å². The summed E-state index contributed by atoms with van der Waals surface area (Å²) in [5, 5.41) is 16.1. The fraction of sp³-hybridized carbons (Fsp3) is 0.107. The third kappa shape index (κ3) is 4.50. The van der Waals surface area contributed by atoms with Gasteiger partial charge in [-0.15, -0.1) is 0 Å². The maximum absolute atomic E-state index is 13.4. The zero-order valence-corrected chi connectivity index (χ0v) is 19.2. The Kier molecular flexibility index (Phi) is 6.12. The Hall–Kier alpha value is -5.03. The molecule has 0 bridgehead atoms. The third-order valence-corrected chi connectivity index (χ3v) is 6.06. The van der Waals surface area contributed by atoms with E-state index in [1.807, 2.05) is 48.5 Å². The minimum atomic E-state index is -0.463. The van der Waals surface area contributed by atoms with Crippen molar-refractivity contribution in [2.75, 3.05) is 16.8 Å². The van der Waals surface area contributed by atoms with Gasteiger partial charge in [-0.3, -0.25) is 19.1 Å². The van der Waals surface area contributed by atoms with Gasteiger partial charge in [0.1, 0.15) is 12.0 Å². The number of nitrogens with one attached hydrogen (secondary N) is 1. The van der Waals surface area contributed by atoms with Crippen molar-refractivity contribution in [2.24, 2.45) is 0 Å². The van der Waals surface area contributed by atoms with Gasteiger partial charge in [-0.05, 0) is 53.9 Å². The SMILES string of the molecule is N#Cc1cccc(NC(=O)c2cnn3c2C(=O)N(c2ccc(Cc4cccc(C=O)c4)cc2)CC3)c1. The summed E-state index contributed by atoms with van der Waals surface area (Å²) in [5.41, 5.74) is 4.74. The lowest BCUT2D eigenvalue weighted by Crippen LogP contribution is -2.41. The van der Waals surface area contributed by atoms with Gasteiger partial charge in [0.25, 0.3) is 11.8 Å². The number of carbonyl (C=O) groups is 3. The molecule has 2 amide bonds. The molecule has 0 saturated carbocycles. The summed E-state index contributed by atoms with van der Waals surface area (Å²) in [6.45, 7) is 0.887. The quantitative estimate of drug-likeness (QED) is 0.423. The number of fused-ring (bicyclic) bond motifs is 1. The molecule has 176 valence electrons. The first-order chi connectivity index (χ1) is 17.6. The number of nitrogens with zero attached hydrogens (tertiary/aromatic N) is 4. The van der Waals surface area contributed by atoms with E-state index in [1.165, 1.54) is 6.20 Å². The summed E-state index contributed by atoms with van der Waals surface area (Å²) in [7, 11) is 0. The molecule has 2 heterocycles. The second kappa shape index (κ2) is 9.68. The Bertz CT molecular complexity index is 1510. The van der Waals surface area contributed by atoms with Crippen LogP contribution in [0.5, 0.6) is 0 Å². The van der Waals surface area contributed by atoms with Crippen LogP contribution in [0.15, 0.2) is 79.0 Å². The number of aldehydes is 1. The first-order valence-electron chi connectivity index (χ1n) is 11.4. The minimum absolute atomic E-state index is 0.179. The van der Waals surface area contributed by atoms with Gasteiger partial charge in [-0.1, -0.05) is 36.4 Å². The molecule has 0 atom stereocenters. The number of rotatable bonds is 6. The van der Waals surface area contributed by atoms with Gasteiger partial charge in [-0.2, -0.15) is 10.4 Å². The van der Waals surface area contributed by atoms with Crippen LogP contribution < -0.4 is 10.2 Å². The van der Waals surface area contributed by atoms with Crippen LogP contribution in [0.1, 0.15) is 47.9 Å². The Morgan fingerprint density at radius 3 is 2.61 bits per heavy atom. The minimum Gasteiger partial charge on any atom is -0.322 e. The van der Waals surface area contributed by atoms with Gasteiger partial charge in [0.05, 0.1) is 29.9 Å². The van der Waals surface area contributed by atoms with E-state index in [9.17, 15) is 14.4 Å². The molecule has 4 aromatic rings. The number of anilines is 2. The Morgan fingerprint density at radius 1 is 1.03 bits per heavy atom. The van der Waals surface area contributed by atoms with E-state index in [4.69, 9.17) is 5.26 Å². The number of hydrogen-bond acceptors (Lipinski definition) is 5. The number of aromatic nitrogens is 2. The average molecular weight is 476 g/mol. The maximum atomic E-state index is 13.4. The molecular formula is C28H21N5O3. The molecule has 3 aromatic carbocycles. The Morgan fingerprint density at radius 2 is 1.83 bits per heavy atom. The molecule has 1 aliphatic heterocycles. The fourth-order valence-corrected chi connectivity index (χ4v) is 4.29. The lowest BCUT2D eigenvalue weighted by molar-refractivity contribution is 0.0946. The van der Waals surface area contributed by atoms with Gasteiger partial charge in [0, 0.05) is 23.5 Å². The molecular weight excluding hydrogens is 454 g/mol. The van der Waals surface area contributed by atoms with Crippen molar-refractivity contribution in [3.8, 4) is 6.07 Å². The van der Waals surface area contributed by atoms with Crippen LogP contribution in [0.4, 0.5) is 11.4 Å². The summed E-state index contributed by atoms with van der Waals surface area (Å²) in [5.74, 6) is -0.768. The van der Waals surface area contributed by atoms with Crippen LogP contribution in [-0.4, -0.2) is 34.4 Å². The second-order valence-corrected chi connectivity index (χ2v) is 8.44. The summed E-state index contributed by atoms with van der Waals surface area (Å²) in [6, 6.07) is 23.7. The van der Waals surface area contributed by atoms with E-state index in [1.54, 1.807) is 39.9 Å². The average Bonchev–Trinajstić information content (AvgIpc) is 3.35. The van der Waals surface area contributed by atoms with Crippen LogP contribution >= 0.6 is 0 Å². The maximum Gasteiger partial charge on any atom is 0.277 e. The van der Waals surface area contributed by atoms with E-state index in [0.29, 0.717) is 36.3 Å². The molecule has 0 radical (unpaired) electrons. The third-order valence-electron chi connectivity index (χ3n) is 6.06. The first kappa shape index (κ1) is 22.7. The van der Waals surface area contributed by atoms with Crippen molar-refractivity contribution >= 4 is 29.5 Å². The topological polar surface area (TPSA) is 108 Å². The van der Waals surface area contributed by atoms with Crippen LogP contribution in [0.2, 0.25) is 0 Å². The van der Waals surface area contributed by atoms with Gasteiger partial charge < -0.3 is 10.2 Å². The normalized spacial score (nSPS) is 12.5. The fourth-order valence-electron chi connectivity index (χ4n) is 4.29. The summed E-state index contributed by atoms with van der Waals surface area (Å²) in [4.78, 5) is 39.0. The smallest absolute Gasteiger partial charge is 0.277 e. The molecule has 5 rings (SSSR count). The number of benzene rings is 3. The van der Waals surface area contributed by atoms with E-state index in [2.05, 4.69) is 10.4 Å². The predicted molar refractivity (Wildman–Crippen MR) is 134 cm³/mol. The van der Waals surface area contributed by atoms with Crippen LogP contribution in [0, 0.1) is 11.3 Å². The zero-order chi connectivity index (χ0) is 25.1. The Balaban J connectivity index is 1.34. The molecule has 0 fully saturated rings. The van der Waals surface area contributed by atoms with E-state index in [-0.39, 0.29) is 17.2 Å². The molecule has 1 aromatic heterocycles. The predicted octanol–water partition coefficient (Wildman–Crippen LogP) is 4.07. The molecule has 36 heavy (non-hydrogen) atoms. The lowest BCUT2D eigenvalue weighted by atomic mass is 10.0. The summed E-state index contributed by atoms with van der Waals surface area (Å²) >= 11 is 0. The number of carbonyl (C=O) groups excluding carboxylic acids is 3. The highest BCUT2D eigenvalue weighted by Crippen LogP contribution is 2.25. The number of amides is 2. The molecule has 0 spiro atoms. The van der Waals surface area contributed by atoms with Gasteiger partial charge >= 0.3 is 0 Å². The summed E-state index contributed by atoms with van der Waals surface area (Å²) in [6.07, 6.45) is 2.90. The van der Waals surface area contributed by atoms with Crippen molar-refractivity contribution in [1.29, 1.82) is 5.26 Å². The molecule has 0 saturated heterocycles. The highest BCUT2D eigenvalue weighted by Gasteiger charge is 2.32. The summed E-state index contributed by atoms with van der Waals surface area (Å²) < 4.78 is 1.55. The van der Waals surface area contributed by atoms with Crippen LogP contribution in [0.3, 0.4) is 0 Å². The zero-order valence-electron chi connectivity index (χ0n) is 19.2. The molecule has 1 N–H and O–H groups in total. The second-order valence-electron chi connectivity index (χ2n) is 8.44. The largest absolute Gasteiger partial charge is 0.322 e. The molecule has 8 heteroatoms. The number of hydrogen-bond donors (Lipinski definition) is 1. The van der Waals surface area contributed by atoms with Gasteiger partial charge in [-0.25, -0.2) is 0 Å². The number of nitriles is 1. The molecule has 0 unspecified atom stereocenters. The lowest BCUT2D eigenvalue weighted by Gasteiger charge is -2.28. The van der Waals surface area contributed by atoms with Gasteiger partial charge in [0.2, 0.25) is 0 Å². The van der Waals surface area contributed by atoms with Crippen molar-refractivity contribution < 1.29 is 14.4 Å². The molecule has 0 aliphatic carbocycles. The van der Waals surface area contributed by atoms with E-state index < -0.39 is 5.91 Å². The van der Waals surface area contributed by atoms with Crippen molar-refractivity contribution in [3.63, 3.8) is 0 Å². The van der Waals surface area contributed by atoms with Crippen molar-refractivity contribution in [2.45, 2.75) is 13.0 Å². The van der Waals surface area contributed by atoms with Crippen molar-refractivity contribution in [3.05, 3.63) is 113 Å². The van der Waals surface area contributed by atoms with Gasteiger partial charge in [0.15, 0.2) is 0 Å². The van der Waals surface area contributed by atoms with E-state index >= 15 is 0 Å². The standard InChI is InChI=1S/C28H21N5O3/c29-16-21-4-2-6-23(15-21)31-27(35)25-17-30-33-12-11-32(28(36)26(25)33)24-9-7-19(8-10-24)13-20-3-1-5-22(14-20)18-34/h1-10,14-15,17-18H,11-13H2,(H,31,35). The van der Waals surface area contributed by atoms with Crippen LogP contribution in [-0.2, 0) is 13.0 Å². The highest BCUT2D eigenvalue weighted by molar-refractivity contribution is 6.15. The first-order valence-corrected chi connectivity index (χ1v) is 11.4. The van der Waals surface area contributed by atoms with Crippen molar-refractivity contribution in [1.82, 2.24) is 9.78 Å². The Labute approximate surface area is 207 Å². The molecule has 1 aliphatic rings. The molecule has 8 nitrogen and oxygen atoms in total.